The molecule has 1 N–H and O–H groups in total. The first-order valence-corrected chi connectivity index (χ1v) is 11.0. The van der Waals surface area contributed by atoms with E-state index in [4.69, 9.17) is 0 Å². The number of carbonyl (C=O) groups excluding carboxylic acids is 2. The highest BCUT2D eigenvalue weighted by molar-refractivity contribution is 7.03. The van der Waals surface area contributed by atoms with E-state index in [2.05, 4.69) is 19.9 Å². The molecule has 0 radical (unpaired) electrons. The van der Waals surface area contributed by atoms with E-state index in [1.165, 1.54) is 4.90 Å². The molecule has 162 valence electrons. The molecule has 2 heterocycles. The highest BCUT2D eigenvalue weighted by Gasteiger charge is 2.36. The molecule has 0 saturated heterocycles. The number of carbonyl (C=O) groups is 2. The van der Waals surface area contributed by atoms with Gasteiger partial charge in [-0.2, -0.15) is 0 Å². The number of hydrogen-bond acceptors (Lipinski definition) is 6. The van der Waals surface area contributed by atoms with Gasteiger partial charge in [0.1, 0.15) is 6.04 Å². The van der Waals surface area contributed by atoms with Crippen LogP contribution in [0.15, 0.2) is 48.1 Å². The van der Waals surface area contributed by atoms with Crippen LogP contribution in [-0.2, 0) is 4.79 Å². The SMILES string of the molecule is CCC(C)(C)NC(=O)C(c1cccnc1)N(C(=O)c1csnn1)c1ccc(C)c(C)c1. The molecule has 0 fully saturated rings. The maximum absolute atomic E-state index is 13.6. The number of aromatic nitrogens is 3. The minimum absolute atomic E-state index is 0.194. The molecule has 2 aromatic heterocycles. The zero-order valence-corrected chi connectivity index (χ0v) is 19.2. The van der Waals surface area contributed by atoms with Crippen LogP contribution in [-0.4, -0.2) is 31.9 Å². The smallest absolute Gasteiger partial charge is 0.280 e. The number of hydrogen-bond donors (Lipinski definition) is 1. The monoisotopic (exact) mass is 437 g/mol. The number of rotatable bonds is 7. The van der Waals surface area contributed by atoms with Gasteiger partial charge in [-0.15, -0.1) is 5.10 Å². The standard InChI is InChI=1S/C23H27N5O2S/c1-6-23(4,5)25-21(29)20(17-8-7-11-24-13-17)28(22(30)19-14-31-27-26-19)18-10-9-15(2)16(3)12-18/h7-14,20H,6H2,1-5H3,(H,25,29). The first-order valence-electron chi connectivity index (χ1n) is 10.1. The average molecular weight is 438 g/mol. The lowest BCUT2D eigenvalue weighted by Crippen LogP contribution is -2.50. The molecule has 3 aromatic rings. The van der Waals surface area contributed by atoms with Gasteiger partial charge in [-0.1, -0.05) is 23.5 Å². The summed E-state index contributed by atoms with van der Waals surface area (Å²) < 4.78 is 3.83. The molecule has 2 amide bonds. The molecule has 0 aliphatic rings. The van der Waals surface area contributed by atoms with E-state index in [-0.39, 0.29) is 11.6 Å². The third-order valence-corrected chi connectivity index (χ3v) is 5.92. The molecule has 0 saturated carbocycles. The number of aryl methyl sites for hydroxylation is 2. The van der Waals surface area contributed by atoms with Crippen molar-refractivity contribution in [1.29, 1.82) is 0 Å². The van der Waals surface area contributed by atoms with E-state index in [0.29, 0.717) is 11.3 Å². The molecule has 31 heavy (non-hydrogen) atoms. The Hall–Kier alpha value is -3.13. The van der Waals surface area contributed by atoms with E-state index in [1.54, 1.807) is 29.9 Å². The highest BCUT2D eigenvalue weighted by atomic mass is 32.1. The van der Waals surface area contributed by atoms with Crippen LogP contribution in [0, 0.1) is 13.8 Å². The largest absolute Gasteiger partial charge is 0.349 e. The Morgan fingerprint density at radius 1 is 1.19 bits per heavy atom. The molecule has 1 unspecified atom stereocenters. The first kappa shape index (κ1) is 22.6. The molecule has 1 atom stereocenters. The summed E-state index contributed by atoms with van der Waals surface area (Å²) in [5, 5.41) is 8.63. The molecule has 3 rings (SSSR count). The summed E-state index contributed by atoms with van der Waals surface area (Å²) in [4.78, 5) is 32.9. The quantitative estimate of drug-likeness (QED) is 0.597. The Balaban J connectivity index is 2.17. The molecule has 0 spiro atoms. The van der Waals surface area contributed by atoms with Crippen LogP contribution in [0.25, 0.3) is 0 Å². The van der Waals surface area contributed by atoms with Crippen molar-refractivity contribution in [2.24, 2.45) is 0 Å². The number of benzene rings is 1. The fourth-order valence-corrected chi connectivity index (χ4v) is 3.52. The van der Waals surface area contributed by atoms with Crippen molar-refractivity contribution in [3.05, 3.63) is 70.5 Å². The Bertz CT molecular complexity index is 1050. The van der Waals surface area contributed by atoms with Crippen molar-refractivity contribution in [2.75, 3.05) is 4.90 Å². The predicted octanol–water partition coefficient (Wildman–Crippen LogP) is 4.24. The van der Waals surface area contributed by atoms with Crippen molar-refractivity contribution in [3.8, 4) is 0 Å². The van der Waals surface area contributed by atoms with Crippen molar-refractivity contribution >= 4 is 29.0 Å². The van der Waals surface area contributed by atoms with E-state index in [0.717, 1.165) is 29.1 Å². The lowest BCUT2D eigenvalue weighted by molar-refractivity contribution is -0.124. The number of amides is 2. The fourth-order valence-electron chi connectivity index (χ4n) is 3.09. The van der Waals surface area contributed by atoms with Gasteiger partial charge in [-0.3, -0.25) is 19.5 Å². The number of nitrogens with zero attached hydrogens (tertiary/aromatic N) is 4. The molecular weight excluding hydrogens is 410 g/mol. The van der Waals surface area contributed by atoms with Crippen LogP contribution < -0.4 is 10.2 Å². The van der Waals surface area contributed by atoms with Gasteiger partial charge in [0.25, 0.3) is 5.91 Å². The fraction of sp³-hybridized carbons (Fsp3) is 0.348. The summed E-state index contributed by atoms with van der Waals surface area (Å²) in [6, 6.07) is 8.34. The average Bonchev–Trinajstić information content (AvgIpc) is 3.29. The zero-order valence-electron chi connectivity index (χ0n) is 18.4. The van der Waals surface area contributed by atoms with Crippen molar-refractivity contribution in [3.63, 3.8) is 0 Å². The Morgan fingerprint density at radius 3 is 2.55 bits per heavy atom. The summed E-state index contributed by atoms with van der Waals surface area (Å²) in [6.07, 6.45) is 4.00. The number of pyridine rings is 1. The third-order valence-electron chi connectivity index (χ3n) is 5.42. The second-order valence-electron chi connectivity index (χ2n) is 8.15. The van der Waals surface area contributed by atoms with E-state index in [1.807, 2.05) is 52.8 Å². The van der Waals surface area contributed by atoms with Crippen LogP contribution in [0.1, 0.15) is 60.4 Å². The summed E-state index contributed by atoms with van der Waals surface area (Å²) in [5.74, 6) is -0.676. The lowest BCUT2D eigenvalue weighted by atomic mass is 9.98. The maximum atomic E-state index is 13.6. The predicted molar refractivity (Wildman–Crippen MR) is 122 cm³/mol. The Kier molecular flexibility index (Phi) is 6.80. The van der Waals surface area contributed by atoms with Crippen LogP contribution in [0.2, 0.25) is 0 Å². The van der Waals surface area contributed by atoms with Crippen molar-refractivity contribution < 1.29 is 9.59 Å². The number of nitrogens with one attached hydrogen (secondary N) is 1. The molecule has 0 bridgehead atoms. The summed E-state index contributed by atoms with van der Waals surface area (Å²) >= 11 is 1.09. The van der Waals surface area contributed by atoms with Gasteiger partial charge in [0.05, 0.1) is 0 Å². The summed E-state index contributed by atoms with van der Waals surface area (Å²) in [5.41, 5.74) is 3.10. The van der Waals surface area contributed by atoms with Crippen LogP contribution in [0.3, 0.4) is 0 Å². The van der Waals surface area contributed by atoms with Crippen molar-refractivity contribution in [1.82, 2.24) is 19.9 Å². The van der Waals surface area contributed by atoms with Gasteiger partial charge < -0.3 is 5.32 Å². The topological polar surface area (TPSA) is 88.1 Å². The summed E-state index contributed by atoms with van der Waals surface area (Å²) in [6.45, 7) is 9.90. The van der Waals surface area contributed by atoms with Gasteiger partial charge in [-0.25, -0.2) is 0 Å². The van der Waals surface area contributed by atoms with E-state index < -0.39 is 17.5 Å². The van der Waals surface area contributed by atoms with Gasteiger partial charge in [0.2, 0.25) is 5.91 Å². The van der Waals surface area contributed by atoms with Gasteiger partial charge in [0.15, 0.2) is 5.69 Å². The summed E-state index contributed by atoms with van der Waals surface area (Å²) in [7, 11) is 0. The second-order valence-corrected chi connectivity index (χ2v) is 8.76. The molecule has 0 aliphatic heterocycles. The van der Waals surface area contributed by atoms with Gasteiger partial charge in [-0.05, 0) is 75.0 Å². The van der Waals surface area contributed by atoms with Crippen LogP contribution in [0.4, 0.5) is 5.69 Å². The van der Waals surface area contributed by atoms with Crippen LogP contribution in [0.5, 0.6) is 0 Å². The Labute approximate surface area is 186 Å². The van der Waals surface area contributed by atoms with Gasteiger partial charge in [0, 0.05) is 34.6 Å². The molecule has 8 heteroatoms. The minimum Gasteiger partial charge on any atom is -0.349 e. The zero-order chi connectivity index (χ0) is 22.6. The maximum Gasteiger partial charge on any atom is 0.280 e. The Morgan fingerprint density at radius 2 is 1.97 bits per heavy atom. The highest BCUT2D eigenvalue weighted by Crippen LogP contribution is 2.31. The lowest BCUT2D eigenvalue weighted by Gasteiger charge is -2.34. The third kappa shape index (κ3) is 5.14. The van der Waals surface area contributed by atoms with E-state index >= 15 is 0 Å². The molecule has 0 aliphatic carbocycles. The van der Waals surface area contributed by atoms with Crippen molar-refractivity contribution in [2.45, 2.75) is 52.6 Å². The molecule has 1 aromatic carbocycles. The van der Waals surface area contributed by atoms with Crippen LogP contribution >= 0.6 is 11.5 Å². The normalized spacial score (nSPS) is 12.3. The molecular formula is C23H27N5O2S. The van der Waals surface area contributed by atoms with E-state index in [9.17, 15) is 9.59 Å². The molecule has 7 nitrogen and oxygen atoms in total. The second kappa shape index (κ2) is 9.34. The minimum atomic E-state index is -0.921. The van der Waals surface area contributed by atoms with Gasteiger partial charge >= 0.3 is 0 Å². The first-order chi connectivity index (χ1) is 14.7. The number of anilines is 1.